The average Bonchev–Trinajstić information content (AvgIpc) is 2.81. The maximum atomic E-state index is 12.8. The second kappa shape index (κ2) is 8.48. The molecule has 1 aromatic carbocycles. The molecule has 0 bridgehead atoms. The van der Waals surface area contributed by atoms with Gasteiger partial charge in [-0.05, 0) is 41.5 Å². The van der Waals surface area contributed by atoms with Gasteiger partial charge in [0.05, 0.1) is 12.2 Å². The van der Waals surface area contributed by atoms with Crippen LogP contribution in [0.15, 0.2) is 84.2 Å². The third kappa shape index (κ3) is 4.15. The zero-order valence-electron chi connectivity index (χ0n) is 16.3. The van der Waals surface area contributed by atoms with Crippen molar-refractivity contribution >= 4 is 11.7 Å². The SMILES string of the molecule is Cn1c(NCC(=O)c2cccc(-c3ccncc3)c2)nc(-c2ccncc2)cc1=O. The van der Waals surface area contributed by atoms with E-state index >= 15 is 0 Å². The highest BCUT2D eigenvalue weighted by atomic mass is 16.1. The molecule has 1 N–H and O–H groups in total. The van der Waals surface area contributed by atoms with E-state index in [1.54, 1.807) is 50.0 Å². The molecule has 0 unspecified atom stereocenters. The van der Waals surface area contributed by atoms with Crippen molar-refractivity contribution in [3.05, 3.63) is 95.3 Å². The lowest BCUT2D eigenvalue weighted by atomic mass is 10.0. The molecule has 7 heteroatoms. The Morgan fingerprint density at radius 2 is 1.57 bits per heavy atom. The van der Waals surface area contributed by atoms with E-state index in [9.17, 15) is 9.59 Å². The molecule has 0 aliphatic carbocycles. The number of hydrogen-bond donors (Lipinski definition) is 1. The van der Waals surface area contributed by atoms with Crippen molar-refractivity contribution in [1.82, 2.24) is 19.5 Å². The number of anilines is 1. The van der Waals surface area contributed by atoms with Gasteiger partial charge in [-0.1, -0.05) is 18.2 Å². The van der Waals surface area contributed by atoms with E-state index in [4.69, 9.17) is 0 Å². The fraction of sp³-hybridized carbons (Fsp3) is 0.0870. The molecule has 3 heterocycles. The van der Waals surface area contributed by atoms with Gasteiger partial charge in [0.1, 0.15) is 0 Å². The van der Waals surface area contributed by atoms with Gasteiger partial charge in [0.15, 0.2) is 5.78 Å². The van der Waals surface area contributed by atoms with Gasteiger partial charge in [0.2, 0.25) is 5.95 Å². The maximum Gasteiger partial charge on any atom is 0.255 e. The second-order valence-corrected chi connectivity index (χ2v) is 6.69. The van der Waals surface area contributed by atoms with Crippen molar-refractivity contribution in [2.75, 3.05) is 11.9 Å². The number of hydrogen-bond acceptors (Lipinski definition) is 6. The van der Waals surface area contributed by atoms with E-state index in [1.165, 1.54) is 10.6 Å². The molecule has 3 aromatic heterocycles. The van der Waals surface area contributed by atoms with Crippen LogP contribution in [0.5, 0.6) is 0 Å². The van der Waals surface area contributed by atoms with Gasteiger partial charge in [-0.25, -0.2) is 4.98 Å². The Morgan fingerprint density at radius 3 is 2.27 bits per heavy atom. The molecule has 0 saturated heterocycles. The van der Waals surface area contributed by atoms with E-state index in [0.29, 0.717) is 17.2 Å². The standard InChI is InChI=1S/C23H19N5O2/c1-28-22(30)14-20(17-7-11-25-12-8-17)27-23(28)26-15-21(29)19-4-2-3-18(13-19)16-5-9-24-10-6-16/h2-14H,15H2,1H3,(H,26,27). The monoisotopic (exact) mass is 397 g/mol. The topological polar surface area (TPSA) is 89.8 Å². The van der Waals surface area contributed by atoms with Gasteiger partial charge in [0.25, 0.3) is 5.56 Å². The van der Waals surface area contributed by atoms with Crippen LogP contribution in [0.1, 0.15) is 10.4 Å². The van der Waals surface area contributed by atoms with Crippen molar-refractivity contribution < 1.29 is 4.79 Å². The molecule has 0 atom stereocenters. The molecular formula is C23H19N5O2. The Balaban J connectivity index is 1.55. The van der Waals surface area contributed by atoms with Crippen LogP contribution in [-0.2, 0) is 7.05 Å². The van der Waals surface area contributed by atoms with Crippen LogP contribution in [-0.4, -0.2) is 31.8 Å². The number of rotatable bonds is 6. The van der Waals surface area contributed by atoms with Gasteiger partial charge in [-0.3, -0.25) is 24.1 Å². The van der Waals surface area contributed by atoms with E-state index in [-0.39, 0.29) is 17.9 Å². The number of nitrogens with zero attached hydrogens (tertiary/aromatic N) is 4. The molecule has 0 amide bonds. The van der Waals surface area contributed by atoms with Crippen LogP contribution in [0.3, 0.4) is 0 Å². The molecule has 4 rings (SSSR count). The first-order chi connectivity index (χ1) is 14.6. The van der Waals surface area contributed by atoms with E-state index in [2.05, 4.69) is 20.3 Å². The van der Waals surface area contributed by atoms with Crippen LogP contribution in [0.25, 0.3) is 22.4 Å². The molecule has 148 valence electrons. The summed E-state index contributed by atoms with van der Waals surface area (Å²) >= 11 is 0. The van der Waals surface area contributed by atoms with Crippen molar-refractivity contribution in [1.29, 1.82) is 0 Å². The van der Waals surface area contributed by atoms with Gasteiger partial charge in [-0.15, -0.1) is 0 Å². The fourth-order valence-electron chi connectivity index (χ4n) is 3.05. The average molecular weight is 397 g/mol. The summed E-state index contributed by atoms with van der Waals surface area (Å²) in [5, 5.41) is 3.00. The molecule has 4 aromatic rings. The third-order valence-electron chi connectivity index (χ3n) is 4.72. The van der Waals surface area contributed by atoms with E-state index < -0.39 is 0 Å². The zero-order chi connectivity index (χ0) is 20.9. The first-order valence-electron chi connectivity index (χ1n) is 9.38. The lowest BCUT2D eigenvalue weighted by molar-refractivity contribution is 0.101. The van der Waals surface area contributed by atoms with Gasteiger partial charge in [0, 0.05) is 49.0 Å². The lowest BCUT2D eigenvalue weighted by Crippen LogP contribution is -2.24. The molecule has 0 aliphatic rings. The summed E-state index contributed by atoms with van der Waals surface area (Å²) in [6.07, 6.45) is 6.71. The van der Waals surface area contributed by atoms with E-state index in [0.717, 1.165) is 16.7 Å². The summed E-state index contributed by atoms with van der Waals surface area (Å²) in [6, 6.07) is 16.2. The Kier molecular flexibility index (Phi) is 5.43. The minimum absolute atomic E-state index is 0.0138. The number of ketones is 1. The number of pyridine rings is 2. The molecule has 0 saturated carbocycles. The van der Waals surface area contributed by atoms with Crippen LogP contribution in [0.4, 0.5) is 5.95 Å². The number of carbonyl (C=O) groups is 1. The molecule has 0 fully saturated rings. The quantitative estimate of drug-likeness (QED) is 0.503. The Labute approximate surface area is 173 Å². The zero-order valence-corrected chi connectivity index (χ0v) is 16.3. The smallest absolute Gasteiger partial charge is 0.255 e. The van der Waals surface area contributed by atoms with Gasteiger partial charge >= 0.3 is 0 Å². The minimum Gasteiger partial charge on any atom is -0.348 e. The number of carbonyl (C=O) groups excluding carboxylic acids is 1. The second-order valence-electron chi connectivity index (χ2n) is 6.69. The van der Waals surface area contributed by atoms with Crippen LogP contribution < -0.4 is 10.9 Å². The van der Waals surface area contributed by atoms with Crippen molar-refractivity contribution in [3.8, 4) is 22.4 Å². The van der Waals surface area contributed by atoms with Crippen molar-refractivity contribution in [2.45, 2.75) is 0 Å². The molecular weight excluding hydrogens is 378 g/mol. The van der Waals surface area contributed by atoms with Crippen LogP contribution in [0, 0.1) is 0 Å². The van der Waals surface area contributed by atoms with Crippen molar-refractivity contribution in [2.24, 2.45) is 7.05 Å². The van der Waals surface area contributed by atoms with Gasteiger partial charge < -0.3 is 5.32 Å². The molecule has 0 radical (unpaired) electrons. The third-order valence-corrected chi connectivity index (χ3v) is 4.72. The summed E-state index contributed by atoms with van der Waals surface area (Å²) in [5.41, 5.74) is 3.59. The van der Waals surface area contributed by atoms with Gasteiger partial charge in [-0.2, -0.15) is 0 Å². The Morgan fingerprint density at radius 1 is 0.900 bits per heavy atom. The fourth-order valence-corrected chi connectivity index (χ4v) is 3.05. The predicted octanol–water partition coefficient (Wildman–Crippen LogP) is 3.20. The highest BCUT2D eigenvalue weighted by molar-refractivity contribution is 5.99. The number of aromatic nitrogens is 4. The van der Waals surface area contributed by atoms with Crippen molar-refractivity contribution in [3.63, 3.8) is 0 Å². The maximum absolute atomic E-state index is 12.8. The Bertz CT molecular complexity index is 1240. The lowest BCUT2D eigenvalue weighted by Gasteiger charge is -2.11. The summed E-state index contributed by atoms with van der Waals surface area (Å²) in [4.78, 5) is 37.6. The van der Waals surface area contributed by atoms with Crippen LogP contribution >= 0.6 is 0 Å². The highest BCUT2D eigenvalue weighted by Crippen LogP contribution is 2.20. The van der Waals surface area contributed by atoms with Crippen LogP contribution in [0.2, 0.25) is 0 Å². The summed E-state index contributed by atoms with van der Waals surface area (Å²) in [7, 11) is 1.61. The highest BCUT2D eigenvalue weighted by Gasteiger charge is 2.11. The number of benzene rings is 1. The summed E-state index contributed by atoms with van der Waals surface area (Å²) in [6.45, 7) is 0.0138. The number of Topliss-reactive ketones (excluding diaryl/α,β-unsaturated/α-hetero) is 1. The normalized spacial score (nSPS) is 10.6. The largest absolute Gasteiger partial charge is 0.348 e. The minimum atomic E-state index is -0.216. The summed E-state index contributed by atoms with van der Waals surface area (Å²) in [5.74, 6) is 0.224. The molecule has 7 nitrogen and oxygen atoms in total. The summed E-state index contributed by atoms with van der Waals surface area (Å²) < 4.78 is 1.38. The number of nitrogens with one attached hydrogen (secondary N) is 1. The molecule has 0 spiro atoms. The predicted molar refractivity (Wildman–Crippen MR) is 115 cm³/mol. The molecule has 0 aliphatic heterocycles. The first kappa shape index (κ1) is 19.2. The molecule has 30 heavy (non-hydrogen) atoms. The van der Waals surface area contributed by atoms with E-state index in [1.807, 2.05) is 30.3 Å². The Hall–Kier alpha value is -4.13. The first-order valence-corrected chi connectivity index (χ1v) is 9.38.